The zero-order valence-corrected chi connectivity index (χ0v) is 13.3. The van der Waals surface area contributed by atoms with Crippen molar-refractivity contribution in [2.45, 2.75) is 12.8 Å². The molecule has 2 amide bonds. The third kappa shape index (κ3) is 3.88. The number of nitrogens with zero attached hydrogens (tertiary/aromatic N) is 3. The van der Waals surface area contributed by atoms with Crippen LogP contribution >= 0.6 is 11.6 Å². The summed E-state index contributed by atoms with van der Waals surface area (Å²) in [5.41, 5.74) is 1.27. The second-order valence-corrected chi connectivity index (χ2v) is 5.49. The first-order chi connectivity index (χ1) is 11.6. The molecule has 2 heterocycles. The van der Waals surface area contributed by atoms with Crippen LogP contribution in [0.3, 0.4) is 0 Å². The second kappa shape index (κ2) is 7.10. The van der Waals surface area contributed by atoms with Gasteiger partial charge in [0.2, 0.25) is 17.8 Å². The van der Waals surface area contributed by atoms with Crippen LogP contribution in [-0.4, -0.2) is 26.4 Å². The topological polar surface area (TPSA) is 88.4 Å². The Morgan fingerprint density at radius 1 is 0.958 bits per heavy atom. The standard InChI is InChI=1S/C16H14ClN5O2/c17-11-4-6-12(7-5-11)18-14(23)8-9-15(24)19-16-21-20-13-3-1-2-10-22(13)16/h1-7,10H,8-9H2,(H,18,23)(H,19,21,24). The van der Waals surface area contributed by atoms with Crippen LogP contribution in [0.15, 0.2) is 48.7 Å². The molecule has 3 aromatic rings. The van der Waals surface area contributed by atoms with Crippen molar-refractivity contribution in [2.75, 3.05) is 10.6 Å². The van der Waals surface area contributed by atoms with Crippen molar-refractivity contribution < 1.29 is 9.59 Å². The summed E-state index contributed by atoms with van der Waals surface area (Å²) in [5, 5.41) is 13.8. The minimum atomic E-state index is -0.306. The maximum Gasteiger partial charge on any atom is 0.235 e. The zero-order valence-electron chi connectivity index (χ0n) is 12.6. The number of aromatic nitrogens is 3. The van der Waals surface area contributed by atoms with E-state index in [0.717, 1.165) is 0 Å². The van der Waals surface area contributed by atoms with Crippen LogP contribution in [0.4, 0.5) is 11.6 Å². The van der Waals surface area contributed by atoms with Gasteiger partial charge in [-0.15, -0.1) is 10.2 Å². The summed E-state index contributed by atoms with van der Waals surface area (Å²) in [6.07, 6.45) is 1.85. The number of hydrogen-bond acceptors (Lipinski definition) is 4. The normalized spacial score (nSPS) is 10.5. The fourth-order valence-electron chi connectivity index (χ4n) is 2.10. The maximum absolute atomic E-state index is 12.0. The predicted molar refractivity (Wildman–Crippen MR) is 90.9 cm³/mol. The van der Waals surface area contributed by atoms with Crippen molar-refractivity contribution in [2.24, 2.45) is 0 Å². The molecule has 24 heavy (non-hydrogen) atoms. The number of nitrogens with one attached hydrogen (secondary N) is 2. The van der Waals surface area contributed by atoms with Gasteiger partial charge in [0.1, 0.15) is 0 Å². The molecule has 3 rings (SSSR count). The number of carbonyl (C=O) groups excluding carboxylic acids is 2. The van der Waals surface area contributed by atoms with Crippen LogP contribution in [0.25, 0.3) is 5.65 Å². The Morgan fingerprint density at radius 2 is 1.67 bits per heavy atom. The molecular weight excluding hydrogens is 330 g/mol. The second-order valence-electron chi connectivity index (χ2n) is 5.06. The molecule has 7 nitrogen and oxygen atoms in total. The lowest BCUT2D eigenvalue weighted by Gasteiger charge is -2.06. The maximum atomic E-state index is 12.0. The SMILES string of the molecule is O=C(CCC(=O)Nc1nnc2ccccn12)Nc1ccc(Cl)cc1. The van der Waals surface area contributed by atoms with Gasteiger partial charge in [0.25, 0.3) is 0 Å². The van der Waals surface area contributed by atoms with E-state index in [1.807, 2.05) is 12.1 Å². The molecule has 0 spiro atoms. The average molecular weight is 344 g/mol. The van der Waals surface area contributed by atoms with E-state index in [4.69, 9.17) is 11.6 Å². The van der Waals surface area contributed by atoms with Crippen LogP contribution < -0.4 is 10.6 Å². The Balaban J connectivity index is 1.52. The molecule has 0 bridgehead atoms. The Bertz CT molecular complexity index is 876. The fourth-order valence-corrected chi connectivity index (χ4v) is 2.22. The van der Waals surface area contributed by atoms with E-state index in [1.54, 1.807) is 40.9 Å². The molecule has 2 N–H and O–H groups in total. The number of pyridine rings is 1. The molecule has 1 aromatic carbocycles. The van der Waals surface area contributed by atoms with Crippen molar-refractivity contribution in [1.82, 2.24) is 14.6 Å². The first-order valence-corrected chi connectivity index (χ1v) is 7.64. The molecular formula is C16H14ClN5O2. The van der Waals surface area contributed by atoms with Gasteiger partial charge in [0.05, 0.1) is 0 Å². The lowest BCUT2D eigenvalue weighted by molar-refractivity contribution is -0.121. The Kier molecular flexibility index (Phi) is 4.72. The van der Waals surface area contributed by atoms with Gasteiger partial charge >= 0.3 is 0 Å². The first-order valence-electron chi connectivity index (χ1n) is 7.27. The summed E-state index contributed by atoms with van der Waals surface area (Å²) in [7, 11) is 0. The van der Waals surface area contributed by atoms with Gasteiger partial charge in [-0.25, -0.2) is 0 Å². The van der Waals surface area contributed by atoms with Crippen molar-refractivity contribution in [1.29, 1.82) is 0 Å². The molecule has 0 aliphatic carbocycles. The van der Waals surface area contributed by atoms with Gasteiger partial charge < -0.3 is 5.32 Å². The van der Waals surface area contributed by atoms with Crippen molar-refractivity contribution in [3.8, 4) is 0 Å². The highest BCUT2D eigenvalue weighted by atomic mass is 35.5. The number of rotatable bonds is 5. The third-order valence-corrected chi connectivity index (χ3v) is 3.52. The van der Waals surface area contributed by atoms with Gasteiger partial charge in [-0.3, -0.25) is 19.3 Å². The minimum absolute atomic E-state index is 0.0428. The van der Waals surface area contributed by atoms with Crippen LogP contribution in [0.5, 0.6) is 0 Å². The van der Waals surface area contributed by atoms with Gasteiger partial charge in [-0.2, -0.15) is 0 Å². The summed E-state index contributed by atoms with van der Waals surface area (Å²) in [6, 6.07) is 12.2. The summed E-state index contributed by atoms with van der Waals surface area (Å²) >= 11 is 5.78. The van der Waals surface area contributed by atoms with Gasteiger partial charge in [0.15, 0.2) is 5.65 Å². The zero-order chi connectivity index (χ0) is 16.9. The lowest BCUT2D eigenvalue weighted by atomic mass is 10.2. The molecule has 0 aliphatic heterocycles. The van der Waals surface area contributed by atoms with E-state index in [9.17, 15) is 9.59 Å². The molecule has 0 radical (unpaired) electrons. The summed E-state index contributed by atoms with van der Waals surface area (Å²) in [5.74, 6) is -0.230. The van der Waals surface area contributed by atoms with Gasteiger partial charge in [-0.1, -0.05) is 17.7 Å². The number of amides is 2. The molecule has 8 heteroatoms. The van der Waals surface area contributed by atoms with Crippen LogP contribution in [0.2, 0.25) is 5.02 Å². The highest BCUT2D eigenvalue weighted by Gasteiger charge is 2.11. The number of carbonyl (C=O) groups is 2. The highest BCUT2D eigenvalue weighted by Crippen LogP contribution is 2.14. The summed E-state index contributed by atoms with van der Waals surface area (Å²) in [4.78, 5) is 23.8. The summed E-state index contributed by atoms with van der Waals surface area (Å²) < 4.78 is 1.66. The van der Waals surface area contributed by atoms with Gasteiger partial charge in [0, 0.05) is 29.7 Å². The highest BCUT2D eigenvalue weighted by molar-refractivity contribution is 6.30. The molecule has 0 aliphatic rings. The van der Waals surface area contributed by atoms with E-state index in [2.05, 4.69) is 20.8 Å². The smallest absolute Gasteiger partial charge is 0.235 e. The fraction of sp³-hybridized carbons (Fsp3) is 0.125. The van der Waals surface area contributed by atoms with Crippen molar-refractivity contribution in [3.63, 3.8) is 0 Å². The molecule has 0 saturated carbocycles. The van der Waals surface area contributed by atoms with Crippen molar-refractivity contribution in [3.05, 3.63) is 53.7 Å². The van der Waals surface area contributed by atoms with Crippen LogP contribution in [0.1, 0.15) is 12.8 Å². The molecule has 2 aromatic heterocycles. The number of anilines is 2. The number of halogens is 1. The summed E-state index contributed by atoms with van der Waals surface area (Å²) in [6.45, 7) is 0. The average Bonchev–Trinajstić information content (AvgIpc) is 2.98. The van der Waals surface area contributed by atoms with E-state index in [0.29, 0.717) is 22.3 Å². The Hall–Kier alpha value is -2.93. The first kappa shape index (κ1) is 15.9. The monoisotopic (exact) mass is 343 g/mol. The lowest BCUT2D eigenvalue weighted by Crippen LogP contribution is -2.18. The molecule has 0 unspecified atom stereocenters. The largest absolute Gasteiger partial charge is 0.326 e. The van der Waals surface area contributed by atoms with E-state index >= 15 is 0 Å². The van der Waals surface area contributed by atoms with E-state index < -0.39 is 0 Å². The quantitative estimate of drug-likeness (QED) is 0.745. The number of fused-ring (bicyclic) bond motifs is 1. The third-order valence-electron chi connectivity index (χ3n) is 3.27. The Morgan fingerprint density at radius 3 is 2.42 bits per heavy atom. The molecule has 122 valence electrons. The molecule has 0 atom stereocenters. The van der Waals surface area contributed by atoms with Crippen LogP contribution in [-0.2, 0) is 9.59 Å². The molecule has 0 saturated heterocycles. The number of benzene rings is 1. The van der Waals surface area contributed by atoms with Crippen LogP contribution in [0, 0.1) is 0 Å². The molecule has 0 fully saturated rings. The minimum Gasteiger partial charge on any atom is -0.326 e. The Labute approximate surface area is 142 Å². The predicted octanol–water partition coefficient (Wildman–Crippen LogP) is 2.74. The van der Waals surface area contributed by atoms with E-state index in [-0.39, 0.29) is 24.7 Å². The van der Waals surface area contributed by atoms with Gasteiger partial charge in [-0.05, 0) is 36.4 Å². The number of hydrogen-bond donors (Lipinski definition) is 2. The van der Waals surface area contributed by atoms with E-state index in [1.165, 1.54) is 0 Å². The van der Waals surface area contributed by atoms with Crippen molar-refractivity contribution >= 4 is 40.7 Å².